The molecule has 0 spiro atoms. The summed E-state index contributed by atoms with van der Waals surface area (Å²) in [4.78, 5) is 2.49. The van der Waals surface area contributed by atoms with Gasteiger partial charge in [0.1, 0.15) is 0 Å². The quantitative estimate of drug-likeness (QED) is 0.749. The molecule has 0 aromatic heterocycles. The van der Waals surface area contributed by atoms with Crippen LogP contribution in [0.4, 0.5) is 0 Å². The molecule has 114 valence electrons. The van der Waals surface area contributed by atoms with Gasteiger partial charge in [-0.3, -0.25) is 0 Å². The predicted molar refractivity (Wildman–Crippen MR) is 92.7 cm³/mol. The zero-order valence-electron chi connectivity index (χ0n) is 13.2. The third-order valence-electron chi connectivity index (χ3n) is 5.43. The number of rotatable bonds is 1. The molecule has 4 rings (SSSR count). The summed E-state index contributed by atoms with van der Waals surface area (Å²) in [6, 6.07) is 15.5. The molecule has 0 bridgehead atoms. The SMILES string of the molecule is Cc1cccc(C2c3cc(Cl)ccc3CC3CN(C)CC32)c1. The highest BCUT2D eigenvalue weighted by Crippen LogP contribution is 2.47. The van der Waals surface area contributed by atoms with E-state index in [4.69, 9.17) is 11.6 Å². The molecule has 0 saturated carbocycles. The summed E-state index contributed by atoms with van der Waals surface area (Å²) in [6.45, 7) is 4.59. The molecule has 1 aliphatic carbocycles. The first-order valence-corrected chi connectivity index (χ1v) is 8.53. The van der Waals surface area contributed by atoms with Crippen molar-refractivity contribution in [2.45, 2.75) is 19.3 Å². The molecule has 1 fully saturated rings. The van der Waals surface area contributed by atoms with Gasteiger partial charge in [0.15, 0.2) is 0 Å². The summed E-state index contributed by atoms with van der Waals surface area (Å²) in [5, 5.41) is 0.862. The number of halogens is 1. The van der Waals surface area contributed by atoms with Crippen molar-refractivity contribution in [3.63, 3.8) is 0 Å². The molecular formula is C20H22ClN. The first-order valence-electron chi connectivity index (χ1n) is 8.15. The van der Waals surface area contributed by atoms with Gasteiger partial charge in [0, 0.05) is 24.0 Å². The van der Waals surface area contributed by atoms with E-state index in [1.807, 2.05) is 6.07 Å². The van der Waals surface area contributed by atoms with E-state index in [0.717, 1.165) is 10.9 Å². The maximum Gasteiger partial charge on any atom is 0.0409 e. The average molecular weight is 312 g/mol. The third kappa shape index (κ3) is 2.37. The van der Waals surface area contributed by atoms with Crippen LogP contribution in [0.5, 0.6) is 0 Å². The minimum atomic E-state index is 0.484. The van der Waals surface area contributed by atoms with Gasteiger partial charge in [-0.05, 0) is 61.1 Å². The molecule has 1 heterocycles. The fraction of sp³-hybridized carbons (Fsp3) is 0.400. The molecule has 3 unspecified atom stereocenters. The first-order chi connectivity index (χ1) is 10.6. The fourth-order valence-electron chi connectivity index (χ4n) is 4.56. The molecule has 2 aromatic rings. The van der Waals surface area contributed by atoms with Crippen molar-refractivity contribution >= 4 is 11.6 Å². The second-order valence-electron chi connectivity index (χ2n) is 7.08. The van der Waals surface area contributed by atoms with Crippen LogP contribution in [0.2, 0.25) is 5.02 Å². The standard InChI is InChI=1S/C20H22ClN/c1-13-4-3-5-15(8-13)20-18-10-17(21)7-6-14(18)9-16-11-22(2)12-19(16)20/h3-8,10,16,19-20H,9,11-12H2,1-2H3. The zero-order chi connectivity index (χ0) is 15.3. The van der Waals surface area contributed by atoms with E-state index < -0.39 is 0 Å². The van der Waals surface area contributed by atoms with Gasteiger partial charge in [-0.2, -0.15) is 0 Å². The second-order valence-corrected chi connectivity index (χ2v) is 7.52. The maximum atomic E-state index is 6.32. The molecule has 1 nitrogen and oxygen atoms in total. The van der Waals surface area contributed by atoms with Gasteiger partial charge < -0.3 is 4.90 Å². The minimum absolute atomic E-state index is 0.484. The number of benzene rings is 2. The summed E-state index contributed by atoms with van der Waals surface area (Å²) >= 11 is 6.32. The summed E-state index contributed by atoms with van der Waals surface area (Å²) in [7, 11) is 2.25. The largest absolute Gasteiger partial charge is 0.306 e. The van der Waals surface area contributed by atoms with E-state index in [9.17, 15) is 0 Å². The Morgan fingerprint density at radius 1 is 1.09 bits per heavy atom. The summed E-state index contributed by atoms with van der Waals surface area (Å²) in [5.74, 6) is 1.96. The van der Waals surface area contributed by atoms with Gasteiger partial charge in [0.05, 0.1) is 0 Å². The lowest BCUT2D eigenvalue weighted by atomic mass is 9.68. The number of hydrogen-bond donors (Lipinski definition) is 0. The van der Waals surface area contributed by atoms with Crippen molar-refractivity contribution in [1.29, 1.82) is 0 Å². The summed E-state index contributed by atoms with van der Waals surface area (Å²) in [6.07, 6.45) is 1.20. The van der Waals surface area contributed by atoms with Crippen molar-refractivity contribution < 1.29 is 0 Å². The van der Waals surface area contributed by atoms with Crippen molar-refractivity contribution in [3.05, 3.63) is 69.7 Å². The first kappa shape index (κ1) is 14.3. The average Bonchev–Trinajstić information content (AvgIpc) is 2.84. The Morgan fingerprint density at radius 2 is 1.95 bits per heavy atom. The van der Waals surface area contributed by atoms with E-state index in [2.05, 4.69) is 55.3 Å². The van der Waals surface area contributed by atoms with Gasteiger partial charge in [0.2, 0.25) is 0 Å². The van der Waals surface area contributed by atoms with Crippen LogP contribution in [0.25, 0.3) is 0 Å². The Kier molecular flexibility index (Phi) is 3.51. The second kappa shape index (κ2) is 5.40. The lowest BCUT2D eigenvalue weighted by Crippen LogP contribution is -2.29. The summed E-state index contributed by atoms with van der Waals surface area (Å²) in [5.41, 5.74) is 5.74. The molecule has 3 atom stereocenters. The Balaban J connectivity index is 1.87. The summed E-state index contributed by atoms with van der Waals surface area (Å²) < 4.78 is 0. The van der Waals surface area contributed by atoms with E-state index >= 15 is 0 Å². The number of nitrogens with zero attached hydrogens (tertiary/aromatic N) is 1. The zero-order valence-corrected chi connectivity index (χ0v) is 14.0. The molecular weight excluding hydrogens is 290 g/mol. The molecule has 2 heteroatoms. The third-order valence-corrected chi connectivity index (χ3v) is 5.66. The Morgan fingerprint density at radius 3 is 2.77 bits per heavy atom. The van der Waals surface area contributed by atoms with Gasteiger partial charge in [-0.25, -0.2) is 0 Å². The van der Waals surface area contributed by atoms with Gasteiger partial charge in [-0.1, -0.05) is 47.5 Å². The molecule has 0 N–H and O–H groups in total. The highest BCUT2D eigenvalue weighted by atomic mass is 35.5. The van der Waals surface area contributed by atoms with E-state index in [0.29, 0.717) is 11.8 Å². The van der Waals surface area contributed by atoms with Crippen LogP contribution in [0, 0.1) is 18.8 Å². The Bertz CT molecular complexity index is 709. The van der Waals surface area contributed by atoms with Crippen molar-refractivity contribution in [3.8, 4) is 0 Å². The predicted octanol–water partition coefficient (Wildman–Crippen LogP) is 4.51. The minimum Gasteiger partial charge on any atom is -0.306 e. The Hall–Kier alpha value is -1.31. The fourth-order valence-corrected chi connectivity index (χ4v) is 4.74. The van der Waals surface area contributed by atoms with E-state index in [-0.39, 0.29) is 0 Å². The molecule has 2 aromatic carbocycles. The van der Waals surface area contributed by atoms with Crippen LogP contribution in [0.15, 0.2) is 42.5 Å². The Labute approximate surface area is 137 Å². The van der Waals surface area contributed by atoms with E-state index in [1.54, 1.807) is 0 Å². The van der Waals surface area contributed by atoms with Crippen LogP contribution in [-0.2, 0) is 6.42 Å². The lowest BCUT2D eigenvalue weighted by Gasteiger charge is -2.36. The number of aryl methyl sites for hydroxylation is 1. The molecule has 1 aliphatic heterocycles. The molecule has 0 radical (unpaired) electrons. The molecule has 22 heavy (non-hydrogen) atoms. The van der Waals surface area contributed by atoms with Crippen molar-refractivity contribution in [1.82, 2.24) is 4.90 Å². The lowest BCUT2D eigenvalue weighted by molar-refractivity contribution is 0.351. The topological polar surface area (TPSA) is 3.24 Å². The van der Waals surface area contributed by atoms with Gasteiger partial charge >= 0.3 is 0 Å². The van der Waals surface area contributed by atoms with Gasteiger partial charge in [0.25, 0.3) is 0 Å². The maximum absolute atomic E-state index is 6.32. The van der Waals surface area contributed by atoms with E-state index in [1.165, 1.54) is 41.8 Å². The number of hydrogen-bond acceptors (Lipinski definition) is 1. The van der Waals surface area contributed by atoms with Gasteiger partial charge in [-0.15, -0.1) is 0 Å². The normalized spacial score (nSPS) is 27.5. The van der Waals surface area contributed by atoms with Crippen LogP contribution in [0.1, 0.15) is 28.2 Å². The number of fused-ring (bicyclic) bond motifs is 2. The molecule has 0 amide bonds. The monoisotopic (exact) mass is 311 g/mol. The molecule has 2 aliphatic rings. The van der Waals surface area contributed by atoms with Crippen LogP contribution < -0.4 is 0 Å². The van der Waals surface area contributed by atoms with Crippen LogP contribution >= 0.6 is 11.6 Å². The smallest absolute Gasteiger partial charge is 0.0409 e. The van der Waals surface area contributed by atoms with Crippen molar-refractivity contribution in [2.24, 2.45) is 11.8 Å². The number of likely N-dealkylation sites (tertiary alicyclic amines) is 1. The van der Waals surface area contributed by atoms with Crippen LogP contribution in [-0.4, -0.2) is 25.0 Å². The van der Waals surface area contributed by atoms with Crippen LogP contribution in [0.3, 0.4) is 0 Å². The van der Waals surface area contributed by atoms with Crippen molar-refractivity contribution in [2.75, 3.05) is 20.1 Å². The highest BCUT2D eigenvalue weighted by Gasteiger charge is 2.42. The molecule has 1 saturated heterocycles. The highest BCUT2D eigenvalue weighted by molar-refractivity contribution is 6.30.